The number of benzene rings is 1. The van der Waals surface area contributed by atoms with Crippen molar-refractivity contribution in [3.05, 3.63) is 42.4 Å². The molecule has 1 heterocycles. The molecule has 1 saturated carbocycles. The molecule has 0 saturated heterocycles. The van der Waals surface area contributed by atoms with Crippen molar-refractivity contribution in [2.45, 2.75) is 90.9 Å². The van der Waals surface area contributed by atoms with Gasteiger partial charge in [-0.15, -0.1) is 0 Å². The molecule has 0 radical (unpaired) electrons. The van der Waals surface area contributed by atoms with Gasteiger partial charge in [-0.3, -0.25) is 9.97 Å². The molecular weight excluding hydrogens is 368 g/mol. The van der Waals surface area contributed by atoms with Crippen LogP contribution in [0.5, 0.6) is 5.75 Å². The quantitative estimate of drug-likeness (QED) is 0.338. The molecule has 2 aromatic rings. The minimum atomic E-state index is 0.721. The van der Waals surface area contributed by atoms with Crippen molar-refractivity contribution in [3.63, 3.8) is 0 Å². The highest BCUT2D eigenvalue weighted by atomic mass is 16.5. The second-order valence-electron chi connectivity index (χ2n) is 9.07. The van der Waals surface area contributed by atoms with Gasteiger partial charge >= 0.3 is 0 Å². The highest BCUT2D eigenvalue weighted by molar-refractivity contribution is 5.58. The van der Waals surface area contributed by atoms with Crippen molar-refractivity contribution >= 4 is 0 Å². The maximum Gasteiger partial charge on any atom is 0.119 e. The van der Waals surface area contributed by atoms with Gasteiger partial charge in [0.2, 0.25) is 0 Å². The lowest BCUT2D eigenvalue weighted by molar-refractivity contribution is 0.178. The first-order valence-electron chi connectivity index (χ1n) is 12.3. The predicted molar refractivity (Wildman–Crippen MR) is 126 cm³/mol. The molecular formula is C27H40N2O. The molecule has 1 aromatic carbocycles. The number of hydrogen-bond donors (Lipinski definition) is 0. The first-order chi connectivity index (χ1) is 14.8. The Kier molecular flexibility index (Phi) is 9.66. The van der Waals surface area contributed by atoms with Gasteiger partial charge in [0.15, 0.2) is 0 Å². The lowest BCUT2D eigenvalue weighted by atomic mass is 9.80. The molecule has 1 aliphatic rings. The smallest absolute Gasteiger partial charge is 0.119 e. The van der Waals surface area contributed by atoms with E-state index < -0.39 is 0 Å². The van der Waals surface area contributed by atoms with Crippen LogP contribution in [0.2, 0.25) is 0 Å². The molecule has 0 atom stereocenters. The monoisotopic (exact) mass is 408 g/mol. The Hall–Kier alpha value is -1.90. The molecule has 164 valence electrons. The van der Waals surface area contributed by atoms with Crippen molar-refractivity contribution in [1.29, 1.82) is 0 Å². The van der Waals surface area contributed by atoms with Crippen LogP contribution in [0.3, 0.4) is 0 Å². The summed E-state index contributed by atoms with van der Waals surface area (Å²) in [6, 6.07) is 8.34. The van der Waals surface area contributed by atoms with Gasteiger partial charge in [-0.05, 0) is 61.8 Å². The van der Waals surface area contributed by atoms with Crippen molar-refractivity contribution in [1.82, 2.24) is 9.97 Å². The Balaban J connectivity index is 1.42. The van der Waals surface area contributed by atoms with E-state index in [1.54, 1.807) is 0 Å². The molecule has 3 heteroatoms. The third-order valence-corrected chi connectivity index (χ3v) is 6.54. The molecule has 1 fully saturated rings. The van der Waals surface area contributed by atoms with E-state index in [4.69, 9.17) is 4.74 Å². The lowest BCUT2D eigenvalue weighted by Crippen LogP contribution is -2.20. The van der Waals surface area contributed by atoms with E-state index in [2.05, 4.69) is 48.1 Å². The molecule has 0 spiro atoms. The van der Waals surface area contributed by atoms with E-state index in [0.29, 0.717) is 0 Å². The van der Waals surface area contributed by atoms with E-state index in [0.717, 1.165) is 47.6 Å². The van der Waals surface area contributed by atoms with E-state index >= 15 is 0 Å². The van der Waals surface area contributed by atoms with Crippen LogP contribution in [0.15, 0.2) is 36.7 Å². The Morgan fingerprint density at radius 3 is 2.20 bits per heavy atom. The van der Waals surface area contributed by atoms with Crippen LogP contribution in [0.25, 0.3) is 11.3 Å². The van der Waals surface area contributed by atoms with Crippen molar-refractivity contribution in [2.24, 2.45) is 11.8 Å². The summed E-state index contributed by atoms with van der Waals surface area (Å²) >= 11 is 0. The first kappa shape index (κ1) is 22.8. The number of ether oxygens (including phenoxy) is 1. The number of aromatic nitrogens is 2. The molecule has 30 heavy (non-hydrogen) atoms. The number of hydrogen-bond acceptors (Lipinski definition) is 3. The van der Waals surface area contributed by atoms with Gasteiger partial charge in [0.1, 0.15) is 5.75 Å². The maximum atomic E-state index is 6.09. The van der Waals surface area contributed by atoms with Crippen molar-refractivity contribution < 1.29 is 4.74 Å². The molecule has 0 aliphatic heterocycles. The third kappa shape index (κ3) is 7.41. The normalized spacial score (nSPS) is 19.0. The van der Waals surface area contributed by atoms with Crippen LogP contribution < -0.4 is 4.74 Å². The van der Waals surface area contributed by atoms with Crippen LogP contribution in [-0.4, -0.2) is 16.6 Å². The van der Waals surface area contributed by atoms with Gasteiger partial charge in [-0.1, -0.05) is 65.2 Å². The van der Waals surface area contributed by atoms with Gasteiger partial charge in [-0.2, -0.15) is 0 Å². The van der Waals surface area contributed by atoms with Crippen molar-refractivity contribution in [3.8, 4) is 17.0 Å². The topological polar surface area (TPSA) is 35.0 Å². The molecule has 0 bridgehead atoms. The summed E-state index contributed by atoms with van der Waals surface area (Å²) < 4.78 is 6.09. The number of nitrogens with zero attached hydrogens (tertiary/aromatic N) is 2. The Morgan fingerprint density at radius 1 is 0.800 bits per heavy atom. The van der Waals surface area contributed by atoms with Gasteiger partial charge in [-0.25, -0.2) is 0 Å². The summed E-state index contributed by atoms with van der Waals surface area (Å²) in [7, 11) is 0. The third-order valence-electron chi connectivity index (χ3n) is 6.54. The van der Waals surface area contributed by atoms with Gasteiger partial charge in [0, 0.05) is 11.8 Å². The van der Waals surface area contributed by atoms with E-state index in [9.17, 15) is 0 Å². The lowest BCUT2D eigenvalue weighted by Gasteiger charge is -2.28. The molecule has 1 aliphatic carbocycles. The highest BCUT2D eigenvalue weighted by Gasteiger charge is 2.21. The molecule has 0 N–H and O–H groups in total. The number of aryl methyl sites for hydroxylation is 1. The average Bonchev–Trinajstić information content (AvgIpc) is 2.79. The summed E-state index contributed by atoms with van der Waals surface area (Å²) in [6.45, 7) is 5.40. The summed E-state index contributed by atoms with van der Waals surface area (Å²) in [5, 5.41) is 0. The second kappa shape index (κ2) is 12.7. The van der Waals surface area contributed by atoms with Crippen LogP contribution >= 0.6 is 0 Å². The van der Waals surface area contributed by atoms with Crippen LogP contribution in [-0.2, 0) is 6.42 Å². The Labute approximate surface area is 183 Å². The second-order valence-corrected chi connectivity index (χ2v) is 9.07. The van der Waals surface area contributed by atoms with Crippen LogP contribution in [0.4, 0.5) is 0 Å². The molecule has 0 amide bonds. The van der Waals surface area contributed by atoms with Crippen LogP contribution in [0.1, 0.15) is 90.2 Å². The Bertz CT molecular complexity index is 703. The molecule has 3 rings (SSSR count). The predicted octanol–water partition coefficient (Wildman–Crippen LogP) is 7.64. The summed E-state index contributed by atoms with van der Waals surface area (Å²) in [4.78, 5) is 9.25. The zero-order valence-corrected chi connectivity index (χ0v) is 19.1. The van der Waals surface area contributed by atoms with E-state index in [1.165, 1.54) is 70.6 Å². The van der Waals surface area contributed by atoms with Gasteiger partial charge < -0.3 is 4.74 Å². The van der Waals surface area contributed by atoms with Gasteiger partial charge in [0.25, 0.3) is 0 Å². The first-order valence-corrected chi connectivity index (χ1v) is 12.3. The standard InChI is InChI=1S/C27H40N2O/c1-3-5-6-7-8-10-25-19-29-27(20-28-25)24-15-17-26(18-16-24)30-21-23-13-11-22(9-4-2)12-14-23/h15-20,22-23H,3-14,21H2,1-2H3/t22-,23-. The summed E-state index contributed by atoms with van der Waals surface area (Å²) in [6.07, 6.45) is 19.5. The largest absolute Gasteiger partial charge is 0.493 e. The fourth-order valence-corrected chi connectivity index (χ4v) is 4.57. The van der Waals surface area contributed by atoms with Gasteiger partial charge in [0.05, 0.1) is 24.2 Å². The number of rotatable bonds is 12. The van der Waals surface area contributed by atoms with Crippen molar-refractivity contribution in [2.75, 3.05) is 6.61 Å². The fourth-order valence-electron chi connectivity index (χ4n) is 4.57. The number of unbranched alkanes of at least 4 members (excludes halogenated alkanes) is 4. The summed E-state index contributed by atoms with van der Waals surface area (Å²) in [5.74, 6) is 2.64. The molecule has 3 nitrogen and oxygen atoms in total. The fraction of sp³-hybridized carbons (Fsp3) is 0.630. The summed E-state index contributed by atoms with van der Waals surface area (Å²) in [5.41, 5.74) is 3.14. The zero-order chi connectivity index (χ0) is 21.0. The minimum Gasteiger partial charge on any atom is -0.493 e. The van der Waals surface area contributed by atoms with E-state index in [1.807, 2.05) is 12.4 Å². The average molecular weight is 409 g/mol. The maximum absolute atomic E-state index is 6.09. The molecule has 0 unspecified atom stereocenters. The highest BCUT2D eigenvalue weighted by Crippen LogP contribution is 2.32. The Morgan fingerprint density at radius 2 is 1.53 bits per heavy atom. The molecule has 1 aromatic heterocycles. The van der Waals surface area contributed by atoms with Crippen LogP contribution in [0, 0.1) is 11.8 Å². The SMILES string of the molecule is CCCCCCCc1cnc(-c2ccc(OC[C@H]3CC[C@H](CCC)CC3)cc2)cn1. The minimum absolute atomic E-state index is 0.721. The zero-order valence-electron chi connectivity index (χ0n) is 19.1. The van der Waals surface area contributed by atoms with E-state index in [-0.39, 0.29) is 0 Å².